The molecule has 2 nitrogen and oxygen atoms in total. The summed E-state index contributed by atoms with van der Waals surface area (Å²) < 4.78 is 0. The standard InChI is InChI=1S/C8H10O2S/c1-2-8(10,6-9)7-3-4-11-5-7/h2-5,9-10H,1,6H2/t8-/m1/s1. The highest BCUT2D eigenvalue weighted by molar-refractivity contribution is 7.08. The largest absolute Gasteiger partial charge is 0.393 e. The molecule has 1 aromatic rings. The second-order valence-electron chi connectivity index (χ2n) is 2.30. The maximum Gasteiger partial charge on any atom is 0.131 e. The molecule has 0 unspecified atom stereocenters. The summed E-state index contributed by atoms with van der Waals surface area (Å²) in [4.78, 5) is 0. The molecular weight excluding hydrogens is 160 g/mol. The van der Waals surface area contributed by atoms with Crippen LogP contribution in [-0.4, -0.2) is 16.8 Å². The lowest BCUT2D eigenvalue weighted by Gasteiger charge is -2.19. The van der Waals surface area contributed by atoms with E-state index in [1.54, 1.807) is 11.4 Å². The van der Waals surface area contributed by atoms with Crippen LogP contribution in [0.2, 0.25) is 0 Å². The quantitative estimate of drug-likeness (QED) is 0.667. The molecule has 0 saturated heterocycles. The fourth-order valence-corrected chi connectivity index (χ4v) is 1.52. The molecule has 0 saturated carbocycles. The van der Waals surface area contributed by atoms with Crippen molar-refractivity contribution in [1.29, 1.82) is 0 Å². The van der Waals surface area contributed by atoms with E-state index < -0.39 is 5.60 Å². The maximum absolute atomic E-state index is 9.63. The molecule has 1 aromatic heterocycles. The lowest BCUT2D eigenvalue weighted by Crippen LogP contribution is -2.26. The summed E-state index contributed by atoms with van der Waals surface area (Å²) in [7, 11) is 0. The van der Waals surface area contributed by atoms with Crippen molar-refractivity contribution in [2.45, 2.75) is 5.60 Å². The molecule has 0 fully saturated rings. The lowest BCUT2D eigenvalue weighted by atomic mass is 9.98. The van der Waals surface area contributed by atoms with Crippen molar-refractivity contribution in [3.63, 3.8) is 0 Å². The van der Waals surface area contributed by atoms with Crippen molar-refractivity contribution in [3.05, 3.63) is 35.0 Å². The fourth-order valence-electron chi connectivity index (χ4n) is 0.784. The monoisotopic (exact) mass is 170 g/mol. The molecule has 11 heavy (non-hydrogen) atoms. The molecule has 0 bridgehead atoms. The Morgan fingerprint density at radius 3 is 2.82 bits per heavy atom. The summed E-state index contributed by atoms with van der Waals surface area (Å²) in [6.07, 6.45) is 1.34. The Kier molecular flexibility index (Phi) is 2.44. The van der Waals surface area contributed by atoms with E-state index in [0.29, 0.717) is 5.56 Å². The van der Waals surface area contributed by atoms with Gasteiger partial charge in [0.05, 0.1) is 6.61 Å². The number of hydrogen-bond acceptors (Lipinski definition) is 3. The summed E-state index contributed by atoms with van der Waals surface area (Å²) in [5.74, 6) is 0. The van der Waals surface area contributed by atoms with Crippen molar-refractivity contribution in [2.75, 3.05) is 6.61 Å². The molecule has 0 amide bonds. The highest BCUT2D eigenvalue weighted by Gasteiger charge is 2.24. The molecule has 0 aromatic carbocycles. The number of hydrogen-bond donors (Lipinski definition) is 2. The van der Waals surface area contributed by atoms with Gasteiger partial charge >= 0.3 is 0 Å². The first-order chi connectivity index (χ1) is 5.23. The van der Waals surface area contributed by atoms with E-state index in [2.05, 4.69) is 6.58 Å². The Balaban J connectivity index is 2.96. The van der Waals surface area contributed by atoms with Crippen LogP contribution in [0.5, 0.6) is 0 Å². The van der Waals surface area contributed by atoms with Gasteiger partial charge in [0.2, 0.25) is 0 Å². The van der Waals surface area contributed by atoms with Crippen LogP contribution in [0.3, 0.4) is 0 Å². The van der Waals surface area contributed by atoms with E-state index in [1.807, 2.05) is 5.38 Å². The first kappa shape index (κ1) is 8.46. The normalized spacial score (nSPS) is 15.8. The minimum atomic E-state index is -1.26. The zero-order valence-corrected chi connectivity index (χ0v) is 6.84. The zero-order valence-electron chi connectivity index (χ0n) is 6.03. The van der Waals surface area contributed by atoms with Gasteiger partial charge in [-0.15, -0.1) is 0 Å². The van der Waals surface area contributed by atoms with Gasteiger partial charge in [-0.25, -0.2) is 0 Å². The van der Waals surface area contributed by atoms with Crippen molar-refractivity contribution >= 4 is 11.3 Å². The topological polar surface area (TPSA) is 40.5 Å². The predicted molar refractivity (Wildman–Crippen MR) is 45.5 cm³/mol. The van der Waals surface area contributed by atoms with Crippen LogP contribution in [-0.2, 0) is 5.60 Å². The first-order valence-electron chi connectivity index (χ1n) is 3.22. The van der Waals surface area contributed by atoms with E-state index in [0.717, 1.165) is 0 Å². The van der Waals surface area contributed by atoms with E-state index in [4.69, 9.17) is 5.11 Å². The summed E-state index contributed by atoms with van der Waals surface area (Å²) in [6, 6.07) is 1.77. The molecule has 0 aliphatic carbocycles. The van der Waals surface area contributed by atoms with Crippen LogP contribution in [0.15, 0.2) is 29.5 Å². The van der Waals surface area contributed by atoms with E-state index >= 15 is 0 Å². The molecule has 0 spiro atoms. The number of aliphatic hydroxyl groups is 2. The zero-order chi connectivity index (χ0) is 8.32. The maximum atomic E-state index is 9.63. The van der Waals surface area contributed by atoms with Gasteiger partial charge in [0.25, 0.3) is 0 Å². The fraction of sp³-hybridized carbons (Fsp3) is 0.250. The Bertz CT molecular complexity index is 230. The molecule has 3 heteroatoms. The Morgan fingerprint density at radius 2 is 2.45 bits per heavy atom. The average molecular weight is 170 g/mol. The second-order valence-corrected chi connectivity index (χ2v) is 3.08. The van der Waals surface area contributed by atoms with Gasteiger partial charge in [0.15, 0.2) is 0 Å². The molecule has 2 N–H and O–H groups in total. The van der Waals surface area contributed by atoms with Crippen LogP contribution < -0.4 is 0 Å². The number of rotatable bonds is 3. The van der Waals surface area contributed by atoms with Gasteiger partial charge in [-0.3, -0.25) is 0 Å². The minimum absolute atomic E-state index is 0.326. The van der Waals surface area contributed by atoms with E-state index in [1.165, 1.54) is 17.4 Å². The van der Waals surface area contributed by atoms with Crippen molar-refractivity contribution in [1.82, 2.24) is 0 Å². The molecule has 1 heterocycles. The molecule has 1 atom stereocenters. The SMILES string of the molecule is C=C[C@@](O)(CO)c1ccsc1. The van der Waals surface area contributed by atoms with Crippen LogP contribution in [0, 0.1) is 0 Å². The van der Waals surface area contributed by atoms with Gasteiger partial charge in [-0.05, 0) is 16.8 Å². The van der Waals surface area contributed by atoms with Crippen LogP contribution >= 0.6 is 11.3 Å². The Hall–Kier alpha value is -0.640. The predicted octanol–water partition coefficient (Wildman–Crippen LogP) is 1.11. The van der Waals surface area contributed by atoms with Gasteiger partial charge < -0.3 is 10.2 Å². The molecule has 60 valence electrons. The van der Waals surface area contributed by atoms with E-state index in [9.17, 15) is 5.11 Å². The average Bonchev–Trinajstić information content (AvgIpc) is 2.55. The molecule has 0 aliphatic rings. The van der Waals surface area contributed by atoms with Crippen molar-refractivity contribution in [2.24, 2.45) is 0 Å². The first-order valence-corrected chi connectivity index (χ1v) is 4.17. The highest BCUT2D eigenvalue weighted by atomic mass is 32.1. The Labute approximate surface area is 69.4 Å². The van der Waals surface area contributed by atoms with Gasteiger partial charge in [0, 0.05) is 5.56 Å². The Morgan fingerprint density at radius 1 is 1.73 bits per heavy atom. The minimum Gasteiger partial charge on any atom is -0.393 e. The third-order valence-corrected chi connectivity index (χ3v) is 2.28. The van der Waals surface area contributed by atoms with Gasteiger partial charge in [-0.1, -0.05) is 12.7 Å². The molecule has 0 aliphatic heterocycles. The van der Waals surface area contributed by atoms with Crippen molar-refractivity contribution in [3.8, 4) is 0 Å². The highest BCUT2D eigenvalue weighted by Crippen LogP contribution is 2.23. The van der Waals surface area contributed by atoms with E-state index in [-0.39, 0.29) is 6.61 Å². The summed E-state index contributed by atoms with van der Waals surface area (Å²) in [6.45, 7) is 3.13. The number of aliphatic hydroxyl groups excluding tert-OH is 1. The van der Waals surface area contributed by atoms with Crippen LogP contribution in [0.4, 0.5) is 0 Å². The van der Waals surface area contributed by atoms with Gasteiger partial charge in [0.1, 0.15) is 5.60 Å². The summed E-state index contributed by atoms with van der Waals surface area (Å²) >= 11 is 1.48. The van der Waals surface area contributed by atoms with Crippen molar-refractivity contribution < 1.29 is 10.2 Å². The van der Waals surface area contributed by atoms with Crippen LogP contribution in [0.1, 0.15) is 5.56 Å². The summed E-state index contributed by atoms with van der Waals surface area (Å²) in [5.41, 5.74) is -0.569. The lowest BCUT2D eigenvalue weighted by molar-refractivity contribution is 0.0248. The molecule has 1 rings (SSSR count). The molecule has 0 radical (unpaired) electrons. The van der Waals surface area contributed by atoms with Gasteiger partial charge in [-0.2, -0.15) is 11.3 Å². The molecular formula is C8H10O2S. The second kappa shape index (κ2) is 3.17. The third kappa shape index (κ3) is 1.50. The smallest absolute Gasteiger partial charge is 0.131 e. The third-order valence-electron chi connectivity index (χ3n) is 1.60. The number of thiophene rings is 1. The van der Waals surface area contributed by atoms with Crippen LogP contribution in [0.25, 0.3) is 0 Å². The summed E-state index contributed by atoms with van der Waals surface area (Å²) in [5, 5.41) is 22.1.